The van der Waals surface area contributed by atoms with Crippen LogP contribution in [0.15, 0.2) is 29.2 Å². The van der Waals surface area contributed by atoms with Crippen LogP contribution in [0.4, 0.5) is 0 Å². The smallest absolute Gasteiger partial charge is 0.240 e. The summed E-state index contributed by atoms with van der Waals surface area (Å²) in [6, 6.07) is 7.67. The van der Waals surface area contributed by atoms with E-state index in [9.17, 15) is 4.79 Å². The minimum Gasteiger partial charge on any atom is -0.354 e. The summed E-state index contributed by atoms with van der Waals surface area (Å²) in [7, 11) is 0. The van der Waals surface area contributed by atoms with E-state index in [2.05, 4.69) is 5.32 Å². The maximum atomic E-state index is 11.5. The Balaban J connectivity index is 1.66. The largest absolute Gasteiger partial charge is 0.354 e. The second kappa shape index (κ2) is 5.29. The van der Waals surface area contributed by atoms with Gasteiger partial charge in [0.2, 0.25) is 5.91 Å². The van der Waals surface area contributed by atoms with Crippen molar-refractivity contribution in [2.45, 2.75) is 23.3 Å². The number of nitrogens with two attached hydrogens (primary N) is 1. The number of benzene rings is 1. The highest BCUT2D eigenvalue weighted by atomic mass is 35.5. The highest BCUT2D eigenvalue weighted by molar-refractivity contribution is 7.99. The maximum absolute atomic E-state index is 11.5. The molecular weight excluding hydrogens is 256 g/mol. The Kier molecular flexibility index (Phi) is 3.97. The first-order valence-electron chi connectivity index (χ1n) is 5.56. The van der Waals surface area contributed by atoms with E-state index in [1.165, 1.54) is 0 Å². The fraction of sp³-hybridized carbons (Fsp3) is 0.417. The summed E-state index contributed by atoms with van der Waals surface area (Å²) < 4.78 is 0. The lowest BCUT2D eigenvalue weighted by Gasteiger charge is -2.09. The standard InChI is InChI=1S/C12H15ClN2OS/c13-9-1-3-10(4-2-9)17-8-7-15-11(16)12(14)5-6-12/h1-4H,5-8,14H2,(H,15,16). The third-order valence-electron chi connectivity index (χ3n) is 2.71. The van der Waals surface area contributed by atoms with Gasteiger partial charge in [-0.3, -0.25) is 4.79 Å². The molecule has 3 N–H and O–H groups in total. The number of thioether (sulfide) groups is 1. The lowest BCUT2D eigenvalue weighted by Crippen LogP contribution is -2.43. The molecule has 0 spiro atoms. The van der Waals surface area contributed by atoms with Crippen LogP contribution < -0.4 is 11.1 Å². The van der Waals surface area contributed by atoms with E-state index < -0.39 is 5.54 Å². The number of carbonyl (C=O) groups is 1. The van der Waals surface area contributed by atoms with Gasteiger partial charge in [0.25, 0.3) is 0 Å². The van der Waals surface area contributed by atoms with E-state index in [4.69, 9.17) is 17.3 Å². The zero-order chi connectivity index (χ0) is 12.3. The van der Waals surface area contributed by atoms with Gasteiger partial charge in [0.05, 0.1) is 5.54 Å². The van der Waals surface area contributed by atoms with Gasteiger partial charge in [-0.05, 0) is 37.1 Å². The molecule has 1 saturated carbocycles. The molecule has 1 amide bonds. The third kappa shape index (κ3) is 3.63. The normalized spacial score (nSPS) is 16.6. The monoisotopic (exact) mass is 270 g/mol. The molecule has 0 aliphatic heterocycles. The molecule has 0 atom stereocenters. The molecule has 1 aliphatic rings. The quantitative estimate of drug-likeness (QED) is 0.636. The average molecular weight is 271 g/mol. The summed E-state index contributed by atoms with van der Waals surface area (Å²) in [6.07, 6.45) is 1.62. The Labute approximate surface area is 110 Å². The summed E-state index contributed by atoms with van der Waals surface area (Å²) in [5, 5.41) is 3.59. The van der Waals surface area contributed by atoms with E-state index in [0.29, 0.717) is 6.54 Å². The van der Waals surface area contributed by atoms with E-state index >= 15 is 0 Å². The molecule has 0 heterocycles. The third-order valence-corrected chi connectivity index (χ3v) is 3.98. The number of hydrogen-bond acceptors (Lipinski definition) is 3. The summed E-state index contributed by atoms with van der Waals surface area (Å²) in [4.78, 5) is 12.7. The van der Waals surface area contributed by atoms with Crippen LogP contribution >= 0.6 is 23.4 Å². The molecule has 1 aromatic rings. The Morgan fingerprint density at radius 2 is 2.06 bits per heavy atom. The van der Waals surface area contributed by atoms with Gasteiger partial charge >= 0.3 is 0 Å². The van der Waals surface area contributed by atoms with Crippen molar-refractivity contribution in [1.29, 1.82) is 0 Å². The van der Waals surface area contributed by atoms with E-state index in [-0.39, 0.29) is 5.91 Å². The molecule has 5 heteroatoms. The molecule has 17 heavy (non-hydrogen) atoms. The molecule has 2 rings (SSSR count). The van der Waals surface area contributed by atoms with Gasteiger partial charge in [0, 0.05) is 22.2 Å². The first kappa shape index (κ1) is 12.7. The van der Waals surface area contributed by atoms with Crippen molar-refractivity contribution >= 4 is 29.3 Å². The number of carbonyl (C=O) groups excluding carboxylic acids is 1. The second-order valence-corrected chi connectivity index (χ2v) is 5.82. The van der Waals surface area contributed by atoms with Crippen molar-refractivity contribution in [3.8, 4) is 0 Å². The molecular formula is C12H15ClN2OS. The van der Waals surface area contributed by atoms with Crippen LogP contribution in [0.1, 0.15) is 12.8 Å². The topological polar surface area (TPSA) is 55.1 Å². The van der Waals surface area contributed by atoms with Crippen LogP contribution in [0.2, 0.25) is 5.02 Å². The lowest BCUT2D eigenvalue weighted by atomic mass is 10.3. The zero-order valence-electron chi connectivity index (χ0n) is 9.41. The molecule has 92 valence electrons. The predicted octanol–water partition coefficient (Wildman–Crippen LogP) is 2.04. The molecule has 0 bridgehead atoms. The van der Waals surface area contributed by atoms with Crippen LogP contribution in [0.5, 0.6) is 0 Å². The van der Waals surface area contributed by atoms with Gasteiger partial charge in [-0.1, -0.05) is 11.6 Å². The first-order valence-corrected chi connectivity index (χ1v) is 6.92. The number of rotatable bonds is 5. The van der Waals surface area contributed by atoms with Crippen LogP contribution in [-0.2, 0) is 4.79 Å². The van der Waals surface area contributed by atoms with Crippen molar-refractivity contribution in [3.05, 3.63) is 29.3 Å². The minimum atomic E-state index is -0.565. The SMILES string of the molecule is NC1(C(=O)NCCSc2ccc(Cl)cc2)CC1. The fourth-order valence-electron chi connectivity index (χ4n) is 1.40. The van der Waals surface area contributed by atoms with Crippen LogP contribution in [-0.4, -0.2) is 23.7 Å². The molecule has 3 nitrogen and oxygen atoms in total. The van der Waals surface area contributed by atoms with Crippen molar-refractivity contribution < 1.29 is 4.79 Å². The predicted molar refractivity (Wildman–Crippen MR) is 71.3 cm³/mol. The minimum absolute atomic E-state index is 0.0193. The summed E-state index contributed by atoms with van der Waals surface area (Å²) in [5.41, 5.74) is 5.20. The summed E-state index contributed by atoms with van der Waals surface area (Å²) in [6.45, 7) is 0.644. The fourth-order valence-corrected chi connectivity index (χ4v) is 2.30. The molecule has 0 radical (unpaired) electrons. The molecule has 1 fully saturated rings. The van der Waals surface area contributed by atoms with Crippen molar-refractivity contribution in [2.24, 2.45) is 5.73 Å². The van der Waals surface area contributed by atoms with Gasteiger partial charge in [-0.25, -0.2) is 0 Å². The summed E-state index contributed by atoms with van der Waals surface area (Å²) in [5.74, 6) is 0.818. The highest BCUT2D eigenvalue weighted by Crippen LogP contribution is 2.32. The number of amides is 1. The van der Waals surface area contributed by atoms with Gasteiger partial charge in [0.15, 0.2) is 0 Å². The van der Waals surface area contributed by atoms with E-state index in [0.717, 1.165) is 28.5 Å². The van der Waals surface area contributed by atoms with E-state index in [1.54, 1.807) is 11.8 Å². The molecule has 0 aromatic heterocycles. The van der Waals surface area contributed by atoms with Gasteiger partial charge in [-0.2, -0.15) is 0 Å². The van der Waals surface area contributed by atoms with Gasteiger partial charge in [0.1, 0.15) is 0 Å². The number of halogens is 1. The Morgan fingerprint density at radius 1 is 1.41 bits per heavy atom. The van der Waals surface area contributed by atoms with Crippen molar-refractivity contribution in [3.63, 3.8) is 0 Å². The first-order chi connectivity index (χ1) is 8.10. The summed E-state index contributed by atoms with van der Waals surface area (Å²) >= 11 is 7.48. The maximum Gasteiger partial charge on any atom is 0.240 e. The number of nitrogens with one attached hydrogen (secondary N) is 1. The van der Waals surface area contributed by atoms with Crippen LogP contribution in [0.25, 0.3) is 0 Å². The molecule has 1 aliphatic carbocycles. The highest BCUT2D eigenvalue weighted by Gasteiger charge is 2.45. The lowest BCUT2D eigenvalue weighted by molar-refractivity contribution is -0.123. The van der Waals surface area contributed by atoms with Crippen LogP contribution in [0.3, 0.4) is 0 Å². The van der Waals surface area contributed by atoms with Crippen molar-refractivity contribution in [1.82, 2.24) is 5.32 Å². The Bertz CT molecular complexity index is 403. The average Bonchev–Trinajstić information content (AvgIpc) is 3.06. The molecule has 1 aromatic carbocycles. The van der Waals surface area contributed by atoms with Gasteiger partial charge < -0.3 is 11.1 Å². The molecule has 0 saturated heterocycles. The van der Waals surface area contributed by atoms with E-state index in [1.807, 2.05) is 24.3 Å². The molecule has 0 unspecified atom stereocenters. The second-order valence-electron chi connectivity index (χ2n) is 4.21. The zero-order valence-corrected chi connectivity index (χ0v) is 11.0. The number of hydrogen-bond donors (Lipinski definition) is 2. The Morgan fingerprint density at radius 3 is 2.65 bits per heavy atom. The van der Waals surface area contributed by atoms with Crippen molar-refractivity contribution in [2.75, 3.05) is 12.3 Å². The van der Waals surface area contributed by atoms with Gasteiger partial charge in [-0.15, -0.1) is 11.8 Å². The Hall–Kier alpha value is -0.710. The van der Waals surface area contributed by atoms with Crippen LogP contribution in [0, 0.1) is 0 Å².